The fourth-order valence-electron chi connectivity index (χ4n) is 1.71. The molecule has 2 rings (SSSR count). The van der Waals surface area contributed by atoms with Gasteiger partial charge in [0.2, 0.25) is 5.88 Å². The van der Waals surface area contributed by atoms with E-state index in [1.807, 2.05) is 42.8 Å². The molecule has 6 heteroatoms. The minimum Gasteiger partial charge on any atom is -0.438 e. The van der Waals surface area contributed by atoms with Crippen molar-refractivity contribution in [3.05, 3.63) is 30.3 Å². The molecule has 1 aromatic heterocycles. The number of aromatic nitrogens is 2. The van der Waals surface area contributed by atoms with E-state index < -0.39 is 0 Å². The number of thioether (sulfide) groups is 2. The van der Waals surface area contributed by atoms with Crippen molar-refractivity contribution in [1.29, 1.82) is 0 Å². The summed E-state index contributed by atoms with van der Waals surface area (Å²) in [5.74, 6) is 2.18. The van der Waals surface area contributed by atoms with Gasteiger partial charge in [-0.15, -0.1) is 11.8 Å². The second kappa shape index (κ2) is 8.14. The molecule has 0 unspecified atom stereocenters. The number of hydrogen-bond donors (Lipinski definition) is 1. The van der Waals surface area contributed by atoms with Crippen LogP contribution in [-0.2, 0) is 0 Å². The summed E-state index contributed by atoms with van der Waals surface area (Å²) in [6.45, 7) is 3.00. The minimum absolute atomic E-state index is 0.564. The molecule has 0 radical (unpaired) electrons. The summed E-state index contributed by atoms with van der Waals surface area (Å²) >= 11 is 3.16. The standard InChI is InChI=1S/C15H19N3OS2/c1-4-9-16-13-10-14(18-15(17-13)21-3)19-11-7-5-6-8-12(11)20-2/h5-8,10H,4,9H2,1-3H3,(H,16,17,18). The average Bonchev–Trinajstić information content (AvgIpc) is 2.53. The van der Waals surface area contributed by atoms with Gasteiger partial charge in [0.15, 0.2) is 5.16 Å². The molecule has 0 aliphatic rings. The van der Waals surface area contributed by atoms with Crippen LogP contribution in [0.15, 0.2) is 40.4 Å². The highest BCUT2D eigenvalue weighted by Gasteiger charge is 2.08. The van der Waals surface area contributed by atoms with Crippen molar-refractivity contribution in [3.63, 3.8) is 0 Å². The van der Waals surface area contributed by atoms with E-state index in [1.54, 1.807) is 11.8 Å². The van der Waals surface area contributed by atoms with Crippen molar-refractivity contribution >= 4 is 29.3 Å². The van der Waals surface area contributed by atoms with E-state index in [2.05, 4.69) is 22.2 Å². The topological polar surface area (TPSA) is 47.0 Å². The predicted octanol–water partition coefficient (Wildman–Crippen LogP) is 4.53. The Morgan fingerprint density at radius 1 is 1.14 bits per heavy atom. The molecule has 112 valence electrons. The summed E-state index contributed by atoms with van der Waals surface area (Å²) in [5.41, 5.74) is 0. The second-order valence-corrected chi connectivity index (χ2v) is 5.88. The zero-order chi connectivity index (χ0) is 15.1. The molecule has 0 bridgehead atoms. The molecule has 4 nitrogen and oxygen atoms in total. The molecule has 0 saturated carbocycles. The number of anilines is 1. The molecule has 0 amide bonds. The summed E-state index contributed by atoms with van der Waals surface area (Å²) in [7, 11) is 0. The highest BCUT2D eigenvalue weighted by atomic mass is 32.2. The Morgan fingerprint density at radius 2 is 1.95 bits per heavy atom. The molecular formula is C15H19N3OS2. The molecule has 0 atom stereocenters. The zero-order valence-corrected chi connectivity index (χ0v) is 14.1. The molecule has 1 heterocycles. The lowest BCUT2D eigenvalue weighted by Crippen LogP contribution is -2.04. The van der Waals surface area contributed by atoms with Crippen LogP contribution >= 0.6 is 23.5 Å². The first-order valence-corrected chi connectivity index (χ1v) is 9.19. The van der Waals surface area contributed by atoms with Crippen LogP contribution in [0.5, 0.6) is 11.6 Å². The summed E-state index contributed by atoms with van der Waals surface area (Å²) in [6.07, 6.45) is 5.03. The Bertz CT molecular complexity index is 593. The van der Waals surface area contributed by atoms with Gasteiger partial charge in [-0.05, 0) is 31.1 Å². The zero-order valence-electron chi connectivity index (χ0n) is 12.4. The predicted molar refractivity (Wildman–Crippen MR) is 90.9 cm³/mol. The Balaban J connectivity index is 2.25. The van der Waals surface area contributed by atoms with Gasteiger partial charge < -0.3 is 10.1 Å². The Kier molecular flexibility index (Phi) is 6.20. The molecule has 0 aliphatic carbocycles. The van der Waals surface area contributed by atoms with Gasteiger partial charge in [0.1, 0.15) is 11.6 Å². The van der Waals surface area contributed by atoms with Crippen LogP contribution in [0.2, 0.25) is 0 Å². The summed E-state index contributed by atoms with van der Waals surface area (Å²) in [6, 6.07) is 9.79. The van der Waals surface area contributed by atoms with E-state index >= 15 is 0 Å². The summed E-state index contributed by atoms with van der Waals surface area (Å²) in [4.78, 5) is 9.93. The average molecular weight is 321 g/mol. The smallest absolute Gasteiger partial charge is 0.225 e. The Morgan fingerprint density at radius 3 is 2.67 bits per heavy atom. The van der Waals surface area contributed by atoms with Gasteiger partial charge in [0, 0.05) is 17.5 Å². The van der Waals surface area contributed by atoms with Crippen molar-refractivity contribution in [2.75, 3.05) is 24.4 Å². The van der Waals surface area contributed by atoms with E-state index in [0.29, 0.717) is 11.0 Å². The Hall–Kier alpha value is -1.40. The van der Waals surface area contributed by atoms with Crippen molar-refractivity contribution in [3.8, 4) is 11.6 Å². The van der Waals surface area contributed by atoms with Crippen LogP contribution in [0.3, 0.4) is 0 Å². The number of hydrogen-bond acceptors (Lipinski definition) is 6. The Labute approximate surface area is 134 Å². The molecular weight excluding hydrogens is 302 g/mol. The van der Waals surface area contributed by atoms with Gasteiger partial charge >= 0.3 is 0 Å². The number of para-hydroxylation sites is 1. The first kappa shape index (κ1) is 16.0. The monoisotopic (exact) mass is 321 g/mol. The van der Waals surface area contributed by atoms with E-state index in [0.717, 1.165) is 29.4 Å². The minimum atomic E-state index is 0.564. The van der Waals surface area contributed by atoms with Gasteiger partial charge in [-0.25, -0.2) is 4.98 Å². The van der Waals surface area contributed by atoms with E-state index in [1.165, 1.54) is 11.8 Å². The van der Waals surface area contributed by atoms with Crippen LogP contribution in [0.25, 0.3) is 0 Å². The lowest BCUT2D eigenvalue weighted by Gasteiger charge is -2.11. The van der Waals surface area contributed by atoms with Gasteiger partial charge in [-0.2, -0.15) is 4.98 Å². The maximum Gasteiger partial charge on any atom is 0.225 e. The van der Waals surface area contributed by atoms with Crippen molar-refractivity contribution < 1.29 is 4.74 Å². The number of benzene rings is 1. The molecule has 1 N–H and O–H groups in total. The quantitative estimate of drug-likeness (QED) is 0.597. The molecule has 21 heavy (non-hydrogen) atoms. The van der Waals surface area contributed by atoms with Gasteiger partial charge in [0.25, 0.3) is 0 Å². The third-order valence-electron chi connectivity index (χ3n) is 2.70. The number of nitrogens with zero attached hydrogens (tertiary/aromatic N) is 2. The number of nitrogens with one attached hydrogen (secondary N) is 1. The van der Waals surface area contributed by atoms with Crippen LogP contribution in [0.4, 0.5) is 5.82 Å². The lowest BCUT2D eigenvalue weighted by molar-refractivity contribution is 0.446. The summed E-state index contributed by atoms with van der Waals surface area (Å²) < 4.78 is 5.94. The van der Waals surface area contributed by atoms with Gasteiger partial charge in [-0.3, -0.25) is 0 Å². The van der Waals surface area contributed by atoms with Crippen LogP contribution in [0, 0.1) is 0 Å². The van der Waals surface area contributed by atoms with E-state index in [4.69, 9.17) is 4.74 Å². The first-order chi connectivity index (χ1) is 10.3. The molecule has 0 fully saturated rings. The van der Waals surface area contributed by atoms with E-state index in [-0.39, 0.29) is 0 Å². The third-order valence-corrected chi connectivity index (χ3v) is 4.03. The van der Waals surface area contributed by atoms with Crippen LogP contribution < -0.4 is 10.1 Å². The van der Waals surface area contributed by atoms with E-state index in [9.17, 15) is 0 Å². The first-order valence-electron chi connectivity index (χ1n) is 6.74. The maximum atomic E-state index is 5.94. The third kappa shape index (κ3) is 4.54. The van der Waals surface area contributed by atoms with Gasteiger partial charge in [0.05, 0.1) is 0 Å². The molecule has 0 aliphatic heterocycles. The molecule has 1 aromatic carbocycles. The molecule has 0 saturated heterocycles. The SMILES string of the molecule is CCCNc1cc(Oc2ccccc2SC)nc(SC)n1. The normalized spacial score (nSPS) is 10.4. The second-order valence-electron chi connectivity index (χ2n) is 4.26. The van der Waals surface area contributed by atoms with Crippen LogP contribution in [0.1, 0.15) is 13.3 Å². The lowest BCUT2D eigenvalue weighted by atomic mass is 10.3. The van der Waals surface area contributed by atoms with Crippen molar-refractivity contribution in [1.82, 2.24) is 9.97 Å². The number of ether oxygens (including phenoxy) is 1. The number of rotatable bonds is 7. The molecule has 0 spiro atoms. The van der Waals surface area contributed by atoms with Gasteiger partial charge in [-0.1, -0.05) is 30.8 Å². The highest BCUT2D eigenvalue weighted by molar-refractivity contribution is 7.98. The molecule has 2 aromatic rings. The van der Waals surface area contributed by atoms with Crippen molar-refractivity contribution in [2.24, 2.45) is 0 Å². The van der Waals surface area contributed by atoms with Crippen LogP contribution in [-0.4, -0.2) is 29.0 Å². The highest BCUT2D eigenvalue weighted by Crippen LogP contribution is 2.31. The van der Waals surface area contributed by atoms with Crippen molar-refractivity contribution in [2.45, 2.75) is 23.4 Å². The fraction of sp³-hybridized carbons (Fsp3) is 0.333. The largest absolute Gasteiger partial charge is 0.438 e. The fourth-order valence-corrected chi connectivity index (χ4v) is 2.60. The maximum absolute atomic E-state index is 5.94. The summed E-state index contributed by atoms with van der Waals surface area (Å²) in [5, 5.41) is 3.98.